The van der Waals surface area contributed by atoms with Gasteiger partial charge in [-0.3, -0.25) is 4.79 Å². The van der Waals surface area contributed by atoms with Crippen LogP contribution in [0.5, 0.6) is 0 Å². The van der Waals surface area contributed by atoms with Crippen LogP contribution in [-0.4, -0.2) is 31.7 Å². The Hall–Kier alpha value is -1.96. The molecular formula is C20H22ClFN2O3S. The summed E-state index contributed by atoms with van der Waals surface area (Å²) in [5.41, 5.74) is 0.153. The second-order valence-electron chi connectivity index (χ2n) is 7.23. The maximum absolute atomic E-state index is 13.0. The van der Waals surface area contributed by atoms with E-state index in [0.29, 0.717) is 24.4 Å². The fourth-order valence-electron chi connectivity index (χ4n) is 3.22. The molecule has 0 saturated carbocycles. The number of carbonyl (C=O) groups is 1. The van der Waals surface area contributed by atoms with E-state index in [1.54, 1.807) is 24.3 Å². The maximum Gasteiger partial charge on any atom is 0.243 e. The average molecular weight is 425 g/mol. The number of nitrogens with zero attached hydrogens (tertiary/aromatic N) is 1. The summed E-state index contributed by atoms with van der Waals surface area (Å²) < 4.78 is 40.0. The summed E-state index contributed by atoms with van der Waals surface area (Å²) in [6, 6.07) is 12.1. The van der Waals surface area contributed by atoms with E-state index in [9.17, 15) is 17.6 Å². The first-order valence-corrected chi connectivity index (χ1v) is 10.8. The summed E-state index contributed by atoms with van der Waals surface area (Å²) in [7, 11) is -3.64. The van der Waals surface area contributed by atoms with Gasteiger partial charge in [-0.1, -0.05) is 36.7 Å². The van der Waals surface area contributed by atoms with E-state index in [1.165, 1.54) is 28.6 Å². The molecule has 150 valence electrons. The van der Waals surface area contributed by atoms with Crippen molar-refractivity contribution < 1.29 is 17.6 Å². The van der Waals surface area contributed by atoms with Crippen LogP contribution >= 0.6 is 11.6 Å². The van der Waals surface area contributed by atoms with Gasteiger partial charge in [-0.2, -0.15) is 4.31 Å². The molecule has 1 fully saturated rings. The van der Waals surface area contributed by atoms with Crippen molar-refractivity contribution in [3.8, 4) is 0 Å². The van der Waals surface area contributed by atoms with Crippen LogP contribution in [0.25, 0.3) is 0 Å². The lowest BCUT2D eigenvalue weighted by molar-refractivity contribution is -0.132. The molecule has 1 saturated heterocycles. The molecule has 8 heteroatoms. The van der Waals surface area contributed by atoms with E-state index in [1.807, 2.05) is 6.92 Å². The fourth-order valence-corrected chi connectivity index (χ4v) is 4.96. The van der Waals surface area contributed by atoms with Gasteiger partial charge in [0.05, 0.1) is 4.90 Å². The van der Waals surface area contributed by atoms with E-state index in [2.05, 4.69) is 5.32 Å². The Morgan fingerprint density at radius 2 is 1.82 bits per heavy atom. The van der Waals surface area contributed by atoms with Crippen molar-refractivity contribution in [2.75, 3.05) is 13.1 Å². The summed E-state index contributed by atoms with van der Waals surface area (Å²) in [6.07, 6.45) is 0.837. The minimum absolute atomic E-state index is 0.128. The molecule has 1 amide bonds. The second-order valence-corrected chi connectivity index (χ2v) is 9.61. The molecule has 0 spiro atoms. The lowest BCUT2D eigenvalue weighted by Gasteiger charge is -2.37. The molecule has 0 aliphatic carbocycles. The zero-order valence-corrected chi connectivity index (χ0v) is 17.1. The van der Waals surface area contributed by atoms with Crippen LogP contribution in [0.2, 0.25) is 5.02 Å². The third-order valence-electron chi connectivity index (χ3n) is 5.17. The molecule has 0 bridgehead atoms. The number of hydrogen-bond donors (Lipinski definition) is 1. The largest absolute Gasteiger partial charge is 0.352 e. The van der Waals surface area contributed by atoms with Crippen LogP contribution in [0.3, 0.4) is 0 Å². The summed E-state index contributed by atoms with van der Waals surface area (Å²) in [5.74, 6) is -0.452. The van der Waals surface area contributed by atoms with E-state index in [0.717, 1.165) is 5.56 Å². The van der Waals surface area contributed by atoms with Crippen molar-refractivity contribution in [2.24, 2.45) is 5.41 Å². The zero-order chi connectivity index (χ0) is 20.4. The Morgan fingerprint density at radius 1 is 1.18 bits per heavy atom. The van der Waals surface area contributed by atoms with Crippen LogP contribution in [0.4, 0.5) is 4.39 Å². The Morgan fingerprint density at radius 3 is 2.43 bits per heavy atom. The molecule has 1 aliphatic rings. The van der Waals surface area contributed by atoms with Gasteiger partial charge in [-0.05, 0) is 48.7 Å². The van der Waals surface area contributed by atoms with Gasteiger partial charge in [0, 0.05) is 30.1 Å². The van der Waals surface area contributed by atoms with Gasteiger partial charge >= 0.3 is 0 Å². The SMILES string of the molecule is CC1(C(=O)NCc2ccc(F)cc2)CCN(S(=O)(=O)c2cccc(Cl)c2)CC1. The number of halogens is 2. The van der Waals surface area contributed by atoms with Crippen molar-refractivity contribution in [2.45, 2.75) is 31.2 Å². The molecule has 2 aromatic rings. The first kappa shape index (κ1) is 20.8. The third-order valence-corrected chi connectivity index (χ3v) is 7.30. The first-order chi connectivity index (χ1) is 13.2. The molecule has 0 radical (unpaired) electrons. The van der Waals surface area contributed by atoms with Gasteiger partial charge in [-0.15, -0.1) is 0 Å². The van der Waals surface area contributed by atoms with Crippen LogP contribution in [0, 0.1) is 11.2 Å². The number of benzene rings is 2. The quantitative estimate of drug-likeness (QED) is 0.797. The maximum atomic E-state index is 13.0. The topological polar surface area (TPSA) is 66.5 Å². The van der Waals surface area contributed by atoms with Gasteiger partial charge < -0.3 is 5.32 Å². The highest BCUT2D eigenvalue weighted by Crippen LogP contribution is 2.34. The minimum Gasteiger partial charge on any atom is -0.352 e. The third kappa shape index (κ3) is 4.54. The Kier molecular flexibility index (Phi) is 6.07. The lowest BCUT2D eigenvalue weighted by atomic mass is 9.80. The molecule has 0 unspecified atom stereocenters. The molecule has 0 atom stereocenters. The zero-order valence-electron chi connectivity index (χ0n) is 15.5. The van der Waals surface area contributed by atoms with Gasteiger partial charge in [0.2, 0.25) is 15.9 Å². The summed E-state index contributed by atoms with van der Waals surface area (Å²) >= 11 is 5.91. The van der Waals surface area contributed by atoms with Crippen LogP contribution in [0.15, 0.2) is 53.4 Å². The number of rotatable bonds is 5. The number of carbonyl (C=O) groups excluding carboxylic acids is 1. The molecule has 28 heavy (non-hydrogen) atoms. The summed E-state index contributed by atoms with van der Waals surface area (Å²) in [6.45, 7) is 2.67. The number of sulfonamides is 1. The molecule has 1 heterocycles. The van der Waals surface area contributed by atoms with Crippen LogP contribution < -0.4 is 5.32 Å². The molecule has 1 aliphatic heterocycles. The number of piperidine rings is 1. The van der Waals surface area contributed by atoms with Crippen molar-refractivity contribution in [1.29, 1.82) is 0 Å². The lowest BCUT2D eigenvalue weighted by Crippen LogP contribution is -2.48. The molecule has 3 rings (SSSR count). The Labute approximate surface area is 169 Å². The van der Waals surface area contributed by atoms with Crippen molar-refractivity contribution in [3.63, 3.8) is 0 Å². The predicted molar refractivity (Wildman–Crippen MR) is 106 cm³/mol. The second kappa shape index (κ2) is 8.19. The minimum atomic E-state index is -3.64. The van der Waals surface area contributed by atoms with E-state index in [-0.39, 0.29) is 29.7 Å². The first-order valence-electron chi connectivity index (χ1n) is 8.99. The van der Waals surface area contributed by atoms with Crippen LogP contribution in [0.1, 0.15) is 25.3 Å². The van der Waals surface area contributed by atoms with E-state index in [4.69, 9.17) is 11.6 Å². The molecule has 2 aromatic carbocycles. The van der Waals surface area contributed by atoms with E-state index < -0.39 is 15.4 Å². The predicted octanol–water partition coefficient (Wildman–Crippen LogP) is 3.59. The summed E-state index contributed by atoms with van der Waals surface area (Å²) in [4.78, 5) is 12.8. The van der Waals surface area contributed by atoms with Gasteiger partial charge in [0.1, 0.15) is 5.82 Å². The number of nitrogens with one attached hydrogen (secondary N) is 1. The average Bonchev–Trinajstić information content (AvgIpc) is 2.67. The van der Waals surface area contributed by atoms with E-state index >= 15 is 0 Å². The molecular weight excluding hydrogens is 403 g/mol. The molecule has 1 N–H and O–H groups in total. The fraction of sp³-hybridized carbons (Fsp3) is 0.350. The van der Waals surface area contributed by atoms with Gasteiger partial charge in [0.15, 0.2) is 0 Å². The standard InChI is InChI=1S/C20H22ClFN2O3S/c1-20(19(25)23-14-15-5-7-17(22)8-6-15)9-11-24(12-10-20)28(26,27)18-4-2-3-16(21)13-18/h2-8,13H,9-12,14H2,1H3,(H,23,25). The van der Waals surface area contributed by atoms with Crippen LogP contribution in [-0.2, 0) is 21.4 Å². The number of amides is 1. The molecule has 0 aromatic heterocycles. The normalized spacial score (nSPS) is 17.2. The summed E-state index contributed by atoms with van der Waals surface area (Å²) in [5, 5.41) is 3.24. The van der Waals surface area contributed by atoms with Gasteiger partial charge in [0.25, 0.3) is 0 Å². The molecule has 5 nitrogen and oxygen atoms in total. The smallest absolute Gasteiger partial charge is 0.243 e. The van der Waals surface area contributed by atoms with Gasteiger partial charge in [-0.25, -0.2) is 12.8 Å². The van der Waals surface area contributed by atoms with Crippen molar-refractivity contribution in [3.05, 3.63) is 64.9 Å². The highest BCUT2D eigenvalue weighted by atomic mass is 35.5. The number of hydrogen-bond acceptors (Lipinski definition) is 3. The highest BCUT2D eigenvalue weighted by molar-refractivity contribution is 7.89. The Balaban J connectivity index is 1.61. The van der Waals surface area contributed by atoms with Crippen molar-refractivity contribution >= 4 is 27.5 Å². The highest BCUT2D eigenvalue weighted by Gasteiger charge is 2.40. The monoisotopic (exact) mass is 424 g/mol. The van der Waals surface area contributed by atoms with Crippen molar-refractivity contribution in [1.82, 2.24) is 9.62 Å². The Bertz CT molecular complexity index is 956.